The van der Waals surface area contributed by atoms with Gasteiger partial charge in [-0.15, -0.1) is 0 Å². The Labute approximate surface area is 253 Å². The van der Waals surface area contributed by atoms with Crippen molar-refractivity contribution in [2.24, 2.45) is 0 Å². The predicted molar refractivity (Wildman–Crippen MR) is 173 cm³/mol. The molecule has 0 saturated heterocycles. The highest BCUT2D eigenvalue weighted by atomic mass is 32.2. The maximum Gasteiger partial charge on any atom is 0.336 e. The summed E-state index contributed by atoms with van der Waals surface area (Å²) in [5.74, 6) is 0.185. The molecule has 0 spiro atoms. The predicted octanol–water partition coefficient (Wildman–Crippen LogP) is 7.09. The van der Waals surface area contributed by atoms with Crippen LogP contribution in [0.2, 0.25) is 0 Å². The third-order valence-corrected chi connectivity index (χ3v) is 9.59. The van der Waals surface area contributed by atoms with Gasteiger partial charge in [0.2, 0.25) is 0 Å². The van der Waals surface area contributed by atoms with E-state index in [0.29, 0.717) is 30.0 Å². The normalized spacial score (nSPS) is 11.6. The van der Waals surface area contributed by atoms with Crippen molar-refractivity contribution >= 4 is 32.5 Å². The van der Waals surface area contributed by atoms with Crippen molar-refractivity contribution in [3.63, 3.8) is 0 Å². The van der Waals surface area contributed by atoms with Crippen LogP contribution in [-0.2, 0) is 22.8 Å². The fourth-order valence-corrected chi connectivity index (χ4v) is 6.68. The molecule has 1 N–H and O–H groups in total. The number of benzene rings is 4. The van der Waals surface area contributed by atoms with Gasteiger partial charge in [-0.05, 0) is 65.9 Å². The number of anilines is 1. The van der Waals surface area contributed by atoms with Crippen LogP contribution < -0.4 is 4.90 Å². The van der Waals surface area contributed by atoms with E-state index >= 15 is 0 Å². The molecule has 0 amide bonds. The first-order valence-corrected chi connectivity index (χ1v) is 16.3. The van der Waals surface area contributed by atoms with Gasteiger partial charge in [-0.1, -0.05) is 74.0 Å². The average molecular weight is 596 g/mol. The number of aromatic nitrogens is 2. The summed E-state index contributed by atoms with van der Waals surface area (Å²) in [6, 6.07) is 29.9. The highest BCUT2D eigenvalue weighted by Crippen LogP contribution is 2.27. The van der Waals surface area contributed by atoms with Crippen LogP contribution in [0.1, 0.15) is 47.9 Å². The molecule has 222 valence electrons. The molecular weight excluding hydrogens is 558 g/mol. The first-order valence-electron chi connectivity index (χ1n) is 14.7. The quantitative estimate of drug-likeness (QED) is 0.156. The molecule has 0 aliphatic rings. The number of hydrogen-bond donors (Lipinski definition) is 1. The van der Waals surface area contributed by atoms with Gasteiger partial charge in [0.15, 0.2) is 9.84 Å². The van der Waals surface area contributed by atoms with Gasteiger partial charge in [-0.3, -0.25) is 0 Å². The largest absolute Gasteiger partial charge is 0.478 e. The van der Waals surface area contributed by atoms with Gasteiger partial charge >= 0.3 is 5.97 Å². The Morgan fingerprint density at radius 3 is 2.35 bits per heavy atom. The number of carbonyl (C=O) groups is 1. The van der Waals surface area contributed by atoms with Gasteiger partial charge in [0.25, 0.3) is 0 Å². The van der Waals surface area contributed by atoms with Crippen molar-refractivity contribution in [3.05, 3.63) is 114 Å². The van der Waals surface area contributed by atoms with E-state index in [1.165, 1.54) is 0 Å². The standard InChI is InChI=1S/C35H37N3O4S/c1-3-4-15-34-36-32-21-20-28(37(2)22-10-23-43(41,42)29-11-6-5-7-12-29)24-33(32)38(34)25-26-16-18-27(19-17-26)30-13-8-9-14-31(30)35(39)40/h5-9,11-14,16-21,24H,3-4,10,15,22-23,25H2,1-2H3,(H,39,40). The Bertz CT molecular complexity index is 1810. The summed E-state index contributed by atoms with van der Waals surface area (Å²) in [7, 11) is -1.33. The molecular formula is C35H37N3O4S. The lowest BCUT2D eigenvalue weighted by Gasteiger charge is -2.20. The summed E-state index contributed by atoms with van der Waals surface area (Å²) in [4.78, 5) is 19.1. The molecule has 43 heavy (non-hydrogen) atoms. The van der Waals surface area contributed by atoms with Gasteiger partial charge in [0.1, 0.15) is 5.82 Å². The Morgan fingerprint density at radius 2 is 1.63 bits per heavy atom. The van der Waals surface area contributed by atoms with Crippen LogP contribution in [0.5, 0.6) is 0 Å². The summed E-state index contributed by atoms with van der Waals surface area (Å²) >= 11 is 0. The number of aromatic carboxylic acids is 1. The number of rotatable bonds is 13. The molecule has 0 aliphatic heterocycles. The lowest BCUT2D eigenvalue weighted by Crippen LogP contribution is -2.21. The SMILES string of the molecule is CCCCc1nc2ccc(N(C)CCCS(=O)(=O)c3ccccc3)cc2n1Cc1ccc(-c2ccccc2C(=O)O)cc1. The van der Waals surface area contributed by atoms with Crippen LogP contribution in [0.3, 0.4) is 0 Å². The van der Waals surface area contributed by atoms with Gasteiger partial charge in [0, 0.05) is 32.2 Å². The minimum atomic E-state index is -3.32. The van der Waals surface area contributed by atoms with Gasteiger partial charge < -0.3 is 14.6 Å². The zero-order valence-corrected chi connectivity index (χ0v) is 25.4. The summed E-state index contributed by atoms with van der Waals surface area (Å²) in [6.45, 7) is 3.41. The molecule has 0 unspecified atom stereocenters. The van der Waals surface area contributed by atoms with Crippen molar-refractivity contribution in [1.29, 1.82) is 0 Å². The summed E-state index contributed by atoms with van der Waals surface area (Å²) in [5, 5.41) is 9.61. The Balaban J connectivity index is 1.37. The highest BCUT2D eigenvalue weighted by molar-refractivity contribution is 7.91. The molecule has 0 radical (unpaired) electrons. The Kier molecular flexibility index (Phi) is 9.26. The van der Waals surface area contributed by atoms with Crippen LogP contribution >= 0.6 is 0 Å². The number of aryl methyl sites for hydroxylation is 1. The molecule has 5 rings (SSSR count). The second-order valence-electron chi connectivity index (χ2n) is 10.8. The minimum Gasteiger partial charge on any atom is -0.478 e. The third-order valence-electron chi connectivity index (χ3n) is 7.78. The maximum absolute atomic E-state index is 12.7. The third kappa shape index (κ3) is 6.97. The van der Waals surface area contributed by atoms with E-state index < -0.39 is 15.8 Å². The van der Waals surface area contributed by atoms with Gasteiger partial charge in [-0.25, -0.2) is 18.2 Å². The molecule has 0 saturated carbocycles. The molecule has 0 aliphatic carbocycles. The molecule has 7 nitrogen and oxygen atoms in total. The molecule has 0 fully saturated rings. The summed E-state index contributed by atoms with van der Waals surface area (Å²) in [5.41, 5.74) is 5.91. The van der Waals surface area contributed by atoms with Crippen LogP contribution in [0.25, 0.3) is 22.2 Å². The average Bonchev–Trinajstić information content (AvgIpc) is 3.36. The van der Waals surface area contributed by atoms with Crippen LogP contribution in [0.15, 0.2) is 102 Å². The Morgan fingerprint density at radius 1 is 0.907 bits per heavy atom. The molecule has 0 atom stereocenters. The number of imidazole rings is 1. The number of carboxylic acid groups (broad SMARTS) is 1. The van der Waals surface area contributed by atoms with Crippen LogP contribution in [0.4, 0.5) is 5.69 Å². The maximum atomic E-state index is 12.7. The van der Waals surface area contributed by atoms with Gasteiger partial charge in [0.05, 0.1) is 27.2 Å². The first kappa shape index (κ1) is 30.0. The van der Waals surface area contributed by atoms with E-state index in [9.17, 15) is 18.3 Å². The van der Waals surface area contributed by atoms with E-state index in [1.54, 1.807) is 36.4 Å². The van der Waals surface area contributed by atoms with E-state index in [1.807, 2.05) is 61.6 Å². The molecule has 0 bridgehead atoms. The number of hydrogen-bond acceptors (Lipinski definition) is 5. The molecule has 8 heteroatoms. The van der Waals surface area contributed by atoms with E-state index in [0.717, 1.165) is 52.9 Å². The number of carboxylic acids is 1. The summed E-state index contributed by atoms with van der Waals surface area (Å²) in [6.07, 6.45) is 3.50. The molecule has 1 heterocycles. The second-order valence-corrected chi connectivity index (χ2v) is 13.0. The second kappa shape index (κ2) is 13.3. The monoisotopic (exact) mass is 595 g/mol. The zero-order chi connectivity index (χ0) is 30.4. The lowest BCUT2D eigenvalue weighted by molar-refractivity contribution is 0.0697. The van der Waals surface area contributed by atoms with Crippen molar-refractivity contribution in [2.45, 2.75) is 44.0 Å². The van der Waals surface area contributed by atoms with E-state index in [2.05, 4.69) is 22.5 Å². The Hall–Kier alpha value is -4.43. The number of fused-ring (bicyclic) bond motifs is 1. The molecule has 4 aromatic carbocycles. The smallest absolute Gasteiger partial charge is 0.336 e. The summed E-state index contributed by atoms with van der Waals surface area (Å²) < 4.78 is 27.7. The van der Waals surface area contributed by atoms with Crippen LogP contribution in [-0.4, -0.2) is 48.4 Å². The van der Waals surface area contributed by atoms with Crippen LogP contribution in [0, 0.1) is 0 Å². The van der Waals surface area contributed by atoms with Crippen molar-refractivity contribution in [3.8, 4) is 11.1 Å². The lowest BCUT2D eigenvalue weighted by atomic mass is 9.99. The fraction of sp³-hybridized carbons (Fsp3) is 0.257. The number of unbranched alkanes of at least 4 members (excludes halogenated alkanes) is 1. The fourth-order valence-electron chi connectivity index (χ4n) is 5.36. The molecule has 5 aromatic rings. The van der Waals surface area contributed by atoms with Crippen molar-refractivity contribution < 1.29 is 18.3 Å². The number of sulfone groups is 1. The minimum absolute atomic E-state index is 0.0929. The molecule has 1 aromatic heterocycles. The topological polar surface area (TPSA) is 92.5 Å². The van der Waals surface area contributed by atoms with Gasteiger partial charge in [-0.2, -0.15) is 0 Å². The van der Waals surface area contributed by atoms with E-state index in [-0.39, 0.29) is 11.3 Å². The first-order chi connectivity index (χ1) is 20.8. The number of nitrogens with zero attached hydrogens (tertiary/aromatic N) is 3. The zero-order valence-electron chi connectivity index (χ0n) is 24.6. The van der Waals surface area contributed by atoms with Crippen molar-refractivity contribution in [1.82, 2.24) is 9.55 Å². The highest BCUT2D eigenvalue weighted by Gasteiger charge is 2.16. The van der Waals surface area contributed by atoms with Crippen molar-refractivity contribution in [2.75, 3.05) is 24.2 Å². The van der Waals surface area contributed by atoms with E-state index in [4.69, 9.17) is 4.98 Å².